The van der Waals surface area contributed by atoms with Crippen LogP contribution in [-0.2, 0) is 0 Å². The van der Waals surface area contributed by atoms with Crippen LogP contribution in [0.1, 0.15) is 32.6 Å². The topological polar surface area (TPSA) is 59.4 Å². The highest BCUT2D eigenvalue weighted by Crippen LogP contribution is 2.31. The zero-order valence-corrected chi connectivity index (χ0v) is 14.4. The first kappa shape index (κ1) is 17.4. The van der Waals surface area contributed by atoms with E-state index in [1.54, 1.807) is 18.0 Å². The summed E-state index contributed by atoms with van der Waals surface area (Å²) in [6, 6.07) is 7.31. The lowest BCUT2D eigenvalue weighted by Gasteiger charge is -2.31. The molecule has 1 fully saturated rings. The molecule has 1 aliphatic rings. The standard InChI is InChI=1S/C17H23ClN4O/c1-13(8-9-19)21(2)17(23)20-15-12-14(18)6-7-16(15)22-10-4-3-5-11-22/h6-7,12-13H,3-5,8,10-11H2,1-2H3,(H,20,23)/t13-/m1/s1. The molecule has 0 unspecified atom stereocenters. The van der Waals surface area contributed by atoms with Gasteiger partial charge in [-0.1, -0.05) is 11.6 Å². The molecule has 0 bridgehead atoms. The van der Waals surface area contributed by atoms with Crippen molar-refractivity contribution in [3.05, 3.63) is 23.2 Å². The molecule has 1 saturated heterocycles. The number of carbonyl (C=O) groups excluding carboxylic acids is 1. The van der Waals surface area contributed by atoms with Crippen molar-refractivity contribution in [2.75, 3.05) is 30.4 Å². The van der Waals surface area contributed by atoms with Crippen LogP contribution >= 0.6 is 11.6 Å². The van der Waals surface area contributed by atoms with Crippen LogP contribution in [0, 0.1) is 11.3 Å². The Labute approximate surface area is 142 Å². The van der Waals surface area contributed by atoms with E-state index < -0.39 is 0 Å². The molecule has 1 aromatic carbocycles. The number of urea groups is 1. The molecule has 0 aliphatic carbocycles. The van der Waals surface area contributed by atoms with Gasteiger partial charge in [-0.3, -0.25) is 0 Å². The van der Waals surface area contributed by atoms with Crippen LogP contribution in [-0.4, -0.2) is 37.1 Å². The fraction of sp³-hybridized carbons (Fsp3) is 0.529. The predicted octanol–water partition coefficient (Wildman–Crippen LogP) is 4.10. The van der Waals surface area contributed by atoms with Gasteiger partial charge in [-0.2, -0.15) is 5.26 Å². The molecule has 1 heterocycles. The van der Waals surface area contributed by atoms with Crippen molar-refractivity contribution in [2.45, 2.75) is 38.6 Å². The Hall–Kier alpha value is -1.93. The normalized spacial score (nSPS) is 15.7. The molecule has 1 N–H and O–H groups in total. The van der Waals surface area contributed by atoms with E-state index in [1.807, 2.05) is 19.1 Å². The largest absolute Gasteiger partial charge is 0.370 e. The average Bonchev–Trinajstić information content (AvgIpc) is 2.55. The van der Waals surface area contributed by atoms with Gasteiger partial charge in [-0.15, -0.1) is 0 Å². The van der Waals surface area contributed by atoms with Gasteiger partial charge in [-0.05, 0) is 44.4 Å². The molecule has 0 spiro atoms. The second-order valence-corrected chi connectivity index (χ2v) is 6.40. The van der Waals surface area contributed by atoms with E-state index in [0.29, 0.717) is 11.4 Å². The van der Waals surface area contributed by atoms with Crippen molar-refractivity contribution in [3.63, 3.8) is 0 Å². The minimum absolute atomic E-state index is 0.141. The van der Waals surface area contributed by atoms with Gasteiger partial charge in [0.25, 0.3) is 0 Å². The minimum atomic E-state index is -0.228. The van der Waals surface area contributed by atoms with Crippen LogP contribution in [0.2, 0.25) is 5.02 Å². The number of nitrogens with zero attached hydrogens (tertiary/aromatic N) is 3. The fourth-order valence-electron chi connectivity index (χ4n) is 2.69. The first-order valence-electron chi connectivity index (χ1n) is 7.98. The molecule has 6 heteroatoms. The maximum atomic E-state index is 12.4. The van der Waals surface area contributed by atoms with Crippen molar-refractivity contribution >= 4 is 29.0 Å². The highest BCUT2D eigenvalue weighted by molar-refractivity contribution is 6.31. The lowest BCUT2D eigenvalue weighted by molar-refractivity contribution is 0.208. The Morgan fingerprint density at radius 3 is 2.78 bits per heavy atom. The molecule has 1 atom stereocenters. The predicted molar refractivity (Wildman–Crippen MR) is 94.0 cm³/mol. The summed E-state index contributed by atoms with van der Waals surface area (Å²) in [5.74, 6) is 0. The van der Waals surface area contributed by atoms with E-state index in [9.17, 15) is 4.79 Å². The second kappa shape index (κ2) is 8.07. The first-order valence-corrected chi connectivity index (χ1v) is 8.36. The van der Waals surface area contributed by atoms with E-state index in [2.05, 4.69) is 16.3 Å². The number of amides is 2. The number of rotatable bonds is 4. The number of hydrogen-bond donors (Lipinski definition) is 1. The summed E-state index contributed by atoms with van der Waals surface area (Å²) >= 11 is 6.10. The number of halogens is 1. The number of carbonyl (C=O) groups is 1. The molecular formula is C17H23ClN4O. The van der Waals surface area contributed by atoms with Gasteiger partial charge in [0.1, 0.15) is 0 Å². The molecule has 23 heavy (non-hydrogen) atoms. The lowest BCUT2D eigenvalue weighted by atomic mass is 10.1. The van der Waals surface area contributed by atoms with Gasteiger partial charge in [0, 0.05) is 31.2 Å². The van der Waals surface area contributed by atoms with E-state index in [1.165, 1.54) is 6.42 Å². The van der Waals surface area contributed by atoms with Crippen molar-refractivity contribution in [2.24, 2.45) is 0 Å². The summed E-state index contributed by atoms with van der Waals surface area (Å²) in [6.45, 7) is 3.84. The molecule has 5 nitrogen and oxygen atoms in total. The molecule has 0 aromatic heterocycles. The number of hydrogen-bond acceptors (Lipinski definition) is 3. The Bertz CT molecular complexity index is 593. The fourth-order valence-corrected chi connectivity index (χ4v) is 2.86. The third kappa shape index (κ3) is 4.52. The Kier molecular flexibility index (Phi) is 6.12. The number of nitriles is 1. The smallest absolute Gasteiger partial charge is 0.321 e. The molecule has 2 rings (SSSR count). The molecular weight excluding hydrogens is 312 g/mol. The summed E-state index contributed by atoms with van der Waals surface area (Å²) in [7, 11) is 1.70. The van der Waals surface area contributed by atoms with Crippen LogP contribution < -0.4 is 10.2 Å². The number of nitrogens with one attached hydrogen (secondary N) is 1. The van der Waals surface area contributed by atoms with Gasteiger partial charge in [0.05, 0.1) is 23.9 Å². The third-order valence-electron chi connectivity index (χ3n) is 4.27. The highest BCUT2D eigenvalue weighted by Gasteiger charge is 2.19. The average molecular weight is 335 g/mol. The van der Waals surface area contributed by atoms with E-state index in [4.69, 9.17) is 16.9 Å². The Morgan fingerprint density at radius 2 is 2.13 bits per heavy atom. The zero-order chi connectivity index (χ0) is 16.8. The summed E-state index contributed by atoms with van der Waals surface area (Å²) in [5, 5.41) is 12.3. The van der Waals surface area contributed by atoms with Crippen LogP contribution in [0.3, 0.4) is 0 Å². The third-order valence-corrected chi connectivity index (χ3v) is 4.50. The summed E-state index contributed by atoms with van der Waals surface area (Å²) in [6.07, 6.45) is 3.88. The molecule has 2 amide bonds. The van der Waals surface area contributed by atoms with Crippen LogP contribution in [0.4, 0.5) is 16.2 Å². The number of benzene rings is 1. The second-order valence-electron chi connectivity index (χ2n) is 5.96. The Balaban J connectivity index is 2.16. The minimum Gasteiger partial charge on any atom is -0.370 e. The van der Waals surface area contributed by atoms with Crippen molar-refractivity contribution in [1.82, 2.24) is 4.90 Å². The van der Waals surface area contributed by atoms with E-state index in [-0.39, 0.29) is 12.1 Å². The molecule has 1 aliphatic heterocycles. The van der Waals surface area contributed by atoms with Gasteiger partial charge in [-0.25, -0.2) is 4.79 Å². The SMILES string of the molecule is C[C@H](CC#N)N(C)C(=O)Nc1cc(Cl)ccc1N1CCCCC1. The molecule has 0 saturated carbocycles. The lowest BCUT2D eigenvalue weighted by Crippen LogP contribution is -2.38. The van der Waals surface area contributed by atoms with Gasteiger partial charge in [0.2, 0.25) is 0 Å². The molecule has 0 radical (unpaired) electrons. The molecule has 1 aromatic rings. The number of anilines is 2. The summed E-state index contributed by atoms with van der Waals surface area (Å²) in [4.78, 5) is 16.3. The first-order chi connectivity index (χ1) is 11.0. The summed E-state index contributed by atoms with van der Waals surface area (Å²) < 4.78 is 0. The maximum Gasteiger partial charge on any atom is 0.321 e. The van der Waals surface area contributed by atoms with Crippen LogP contribution in [0.5, 0.6) is 0 Å². The van der Waals surface area contributed by atoms with Crippen LogP contribution in [0.25, 0.3) is 0 Å². The monoisotopic (exact) mass is 334 g/mol. The van der Waals surface area contributed by atoms with Gasteiger partial charge >= 0.3 is 6.03 Å². The quantitative estimate of drug-likeness (QED) is 0.901. The van der Waals surface area contributed by atoms with E-state index >= 15 is 0 Å². The summed E-state index contributed by atoms with van der Waals surface area (Å²) in [5.41, 5.74) is 1.73. The van der Waals surface area contributed by atoms with Crippen molar-refractivity contribution in [1.29, 1.82) is 5.26 Å². The van der Waals surface area contributed by atoms with Crippen molar-refractivity contribution < 1.29 is 4.79 Å². The number of piperidine rings is 1. The van der Waals surface area contributed by atoms with Gasteiger partial charge in [0.15, 0.2) is 0 Å². The zero-order valence-electron chi connectivity index (χ0n) is 13.7. The Morgan fingerprint density at radius 1 is 1.43 bits per heavy atom. The molecule has 124 valence electrons. The van der Waals surface area contributed by atoms with Crippen LogP contribution in [0.15, 0.2) is 18.2 Å². The maximum absolute atomic E-state index is 12.4. The van der Waals surface area contributed by atoms with Gasteiger partial charge < -0.3 is 15.1 Å². The van der Waals surface area contributed by atoms with E-state index in [0.717, 1.165) is 37.3 Å². The highest BCUT2D eigenvalue weighted by atomic mass is 35.5. The van der Waals surface area contributed by atoms with Crippen molar-refractivity contribution in [3.8, 4) is 6.07 Å².